The number of benzene rings is 2. The standard InChI is InChI=1S/C30H32N4O4S/c1-19-23(13-14-26-27(19)33-29(36)24-7-4-5-8-25(24)38-26)28(35)31-17-22-18-32-30(39-22)20-9-11-21(12-10-20)37-16-6-15-34(2)3/h5,8-14,18H,4,6-7,15-17H2,1-3H3,(H,31,35)(H,33,36). The van der Waals surface area contributed by atoms with Gasteiger partial charge in [-0.25, -0.2) is 4.98 Å². The van der Waals surface area contributed by atoms with Gasteiger partial charge in [-0.3, -0.25) is 9.59 Å². The first-order valence-electron chi connectivity index (χ1n) is 13.0. The van der Waals surface area contributed by atoms with Gasteiger partial charge in [-0.1, -0.05) is 6.08 Å². The SMILES string of the molecule is Cc1c(C(=O)NCc2cnc(-c3ccc(OCCCN(C)C)cc3)s2)ccc2c1NC(=O)C1=C(C=CCC1)O2. The fourth-order valence-corrected chi connectivity index (χ4v) is 5.35. The Labute approximate surface area is 232 Å². The Morgan fingerprint density at radius 2 is 2.03 bits per heavy atom. The third kappa shape index (κ3) is 6.21. The van der Waals surface area contributed by atoms with Crippen molar-refractivity contribution in [1.29, 1.82) is 0 Å². The van der Waals surface area contributed by atoms with Gasteiger partial charge in [0.2, 0.25) is 0 Å². The van der Waals surface area contributed by atoms with E-state index in [2.05, 4.69) is 34.6 Å². The molecular formula is C30H32N4O4S. The summed E-state index contributed by atoms with van der Waals surface area (Å²) in [5.74, 6) is 1.53. The van der Waals surface area contributed by atoms with Crippen LogP contribution < -0.4 is 20.1 Å². The summed E-state index contributed by atoms with van der Waals surface area (Å²) in [7, 11) is 4.10. The number of amides is 2. The maximum absolute atomic E-state index is 13.1. The second-order valence-corrected chi connectivity index (χ2v) is 10.9. The molecule has 0 bridgehead atoms. The minimum absolute atomic E-state index is 0.185. The molecule has 0 unspecified atom stereocenters. The molecule has 0 atom stereocenters. The predicted molar refractivity (Wildman–Crippen MR) is 153 cm³/mol. The zero-order chi connectivity index (χ0) is 27.4. The Balaban J connectivity index is 1.20. The van der Waals surface area contributed by atoms with Crippen molar-refractivity contribution in [2.24, 2.45) is 0 Å². The van der Waals surface area contributed by atoms with Gasteiger partial charge in [0.25, 0.3) is 11.8 Å². The van der Waals surface area contributed by atoms with Gasteiger partial charge < -0.3 is 25.0 Å². The smallest absolute Gasteiger partial charge is 0.255 e. The molecule has 202 valence electrons. The van der Waals surface area contributed by atoms with E-state index in [-0.39, 0.29) is 11.8 Å². The fraction of sp³-hybridized carbons (Fsp3) is 0.300. The maximum Gasteiger partial charge on any atom is 0.255 e. The molecule has 0 saturated carbocycles. The normalized spacial score (nSPS) is 14.3. The molecule has 2 heterocycles. The molecule has 0 saturated heterocycles. The van der Waals surface area contributed by atoms with Crippen LogP contribution in [0.2, 0.25) is 0 Å². The van der Waals surface area contributed by atoms with E-state index in [0.29, 0.717) is 53.5 Å². The summed E-state index contributed by atoms with van der Waals surface area (Å²) in [5.41, 5.74) is 3.31. The van der Waals surface area contributed by atoms with E-state index in [1.54, 1.807) is 18.3 Å². The summed E-state index contributed by atoms with van der Waals surface area (Å²) < 4.78 is 11.8. The molecule has 2 aliphatic rings. The molecule has 1 aliphatic heterocycles. The van der Waals surface area contributed by atoms with Crippen LogP contribution in [-0.4, -0.2) is 48.9 Å². The highest BCUT2D eigenvalue weighted by atomic mass is 32.1. The lowest BCUT2D eigenvalue weighted by Crippen LogP contribution is -2.24. The molecule has 0 fully saturated rings. The molecule has 9 heteroatoms. The molecule has 8 nitrogen and oxygen atoms in total. The fourth-order valence-electron chi connectivity index (χ4n) is 4.49. The van der Waals surface area contributed by atoms with Crippen molar-refractivity contribution in [3.63, 3.8) is 0 Å². The molecule has 5 rings (SSSR count). The Kier molecular flexibility index (Phi) is 8.09. The Hall–Kier alpha value is -3.95. The van der Waals surface area contributed by atoms with Gasteiger partial charge in [-0.05, 0) is 88.3 Å². The van der Waals surface area contributed by atoms with Crippen molar-refractivity contribution in [3.8, 4) is 22.1 Å². The largest absolute Gasteiger partial charge is 0.494 e. The summed E-state index contributed by atoms with van der Waals surface area (Å²) in [5, 5.41) is 6.81. The maximum atomic E-state index is 13.1. The number of hydrogen-bond acceptors (Lipinski definition) is 7. The lowest BCUT2D eigenvalue weighted by atomic mass is 10.0. The van der Waals surface area contributed by atoms with Gasteiger partial charge in [0.05, 0.1) is 24.4 Å². The summed E-state index contributed by atoms with van der Waals surface area (Å²) in [6, 6.07) is 11.4. The van der Waals surface area contributed by atoms with Crippen LogP contribution >= 0.6 is 11.3 Å². The van der Waals surface area contributed by atoms with E-state index in [4.69, 9.17) is 9.47 Å². The van der Waals surface area contributed by atoms with Crippen LogP contribution in [0, 0.1) is 6.92 Å². The first-order valence-corrected chi connectivity index (χ1v) is 13.8. The third-order valence-corrected chi connectivity index (χ3v) is 7.67. The number of hydrogen-bond donors (Lipinski definition) is 2. The van der Waals surface area contributed by atoms with Crippen LogP contribution in [0.3, 0.4) is 0 Å². The predicted octanol–water partition coefficient (Wildman–Crippen LogP) is 5.31. The van der Waals surface area contributed by atoms with Gasteiger partial charge in [-0.15, -0.1) is 11.3 Å². The van der Waals surface area contributed by atoms with Crippen LogP contribution in [-0.2, 0) is 11.3 Å². The van der Waals surface area contributed by atoms with Crippen molar-refractivity contribution >= 4 is 28.8 Å². The first kappa shape index (κ1) is 26.6. The molecule has 2 aromatic carbocycles. The van der Waals surface area contributed by atoms with Crippen LogP contribution in [0.5, 0.6) is 11.5 Å². The highest BCUT2D eigenvalue weighted by Crippen LogP contribution is 2.37. The number of fused-ring (bicyclic) bond motifs is 1. The van der Waals surface area contributed by atoms with E-state index in [9.17, 15) is 9.59 Å². The highest BCUT2D eigenvalue weighted by Gasteiger charge is 2.26. The van der Waals surface area contributed by atoms with Crippen LogP contribution in [0.25, 0.3) is 10.6 Å². The monoisotopic (exact) mass is 544 g/mol. The van der Waals surface area contributed by atoms with Gasteiger partial charge >= 0.3 is 0 Å². The van der Waals surface area contributed by atoms with Crippen molar-refractivity contribution in [2.45, 2.75) is 32.7 Å². The Morgan fingerprint density at radius 3 is 2.82 bits per heavy atom. The second-order valence-electron chi connectivity index (χ2n) is 9.80. The van der Waals surface area contributed by atoms with Crippen LogP contribution in [0.1, 0.15) is 40.1 Å². The topological polar surface area (TPSA) is 92.8 Å². The molecule has 0 radical (unpaired) electrons. The molecule has 3 aromatic rings. The number of carbonyl (C=O) groups excluding carboxylic acids is 2. The van der Waals surface area contributed by atoms with Crippen molar-refractivity contribution < 1.29 is 19.1 Å². The zero-order valence-corrected chi connectivity index (χ0v) is 23.2. The van der Waals surface area contributed by atoms with E-state index in [0.717, 1.165) is 40.6 Å². The van der Waals surface area contributed by atoms with E-state index < -0.39 is 0 Å². The number of nitrogens with zero attached hydrogens (tertiary/aromatic N) is 2. The minimum atomic E-state index is -0.225. The summed E-state index contributed by atoms with van der Waals surface area (Å²) >= 11 is 1.53. The summed E-state index contributed by atoms with van der Waals surface area (Å²) in [4.78, 5) is 33.5. The minimum Gasteiger partial charge on any atom is -0.494 e. The number of ether oxygens (including phenoxy) is 2. The molecule has 0 spiro atoms. The van der Waals surface area contributed by atoms with E-state index in [1.807, 2.05) is 43.3 Å². The number of allylic oxidation sites excluding steroid dienone is 2. The quantitative estimate of drug-likeness (QED) is 0.355. The molecular weight excluding hydrogens is 512 g/mol. The first-order chi connectivity index (χ1) is 18.9. The summed E-state index contributed by atoms with van der Waals surface area (Å²) in [6.45, 7) is 3.84. The van der Waals surface area contributed by atoms with E-state index in [1.165, 1.54) is 11.3 Å². The number of anilines is 1. The lowest BCUT2D eigenvalue weighted by molar-refractivity contribution is -0.113. The Bertz CT molecular complexity index is 1440. The Morgan fingerprint density at radius 1 is 1.21 bits per heavy atom. The van der Waals surface area contributed by atoms with Gasteiger partial charge in [0.1, 0.15) is 16.5 Å². The molecule has 1 aliphatic carbocycles. The molecule has 2 N–H and O–H groups in total. The number of thiazole rings is 1. The molecule has 1 aromatic heterocycles. The molecule has 39 heavy (non-hydrogen) atoms. The number of carbonyl (C=O) groups is 2. The number of rotatable bonds is 9. The van der Waals surface area contributed by atoms with Crippen LogP contribution in [0.15, 0.2) is 66.1 Å². The number of nitrogens with one attached hydrogen (secondary N) is 2. The second kappa shape index (κ2) is 11.8. The van der Waals surface area contributed by atoms with Crippen LogP contribution in [0.4, 0.5) is 5.69 Å². The van der Waals surface area contributed by atoms with Crippen molar-refractivity contribution in [2.75, 3.05) is 32.6 Å². The zero-order valence-electron chi connectivity index (χ0n) is 22.4. The van der Waals surface area contributed by atoms with Gasteiger partial charge in [-0.2, -0.15) is 0 Å². The third-order valence-electron chi connectivity index (χ3n) is 6.63. The average molecular weight is 545 g/mol. The van der Waals surface area contributed by atoms with Gasteiger partial charge in [0.15, 0.2) is 5.75 Å². The molecule has 2 amide bonds. The van der Waals surface area contributed by atoms with Crippen molar-refractivity contribution in [1.82, 2.24) is 15.2 Å². The van der Waals surface area contributed by atoms with E-state index >= 15 is 0 Å². The van der Waals surface area contributed by atoms with Gasteiger partial charge in [0, 0.05) is 28.7 Å². The summed E-state index contributed by atoms with van der Waals surface area (Å²) in [6.07, 6.45) is 8.02. The van der Waals surface area contributed by atoms with Crippen molar-refractivity contribution in [3.05, 3.63) is 82.1 Å². The average Bonchev–Trinajstić information content (AvgIpc) is 3.35. The number of aromatic nitrogens is 1. The lowest BCUT2D eigenvalue weighted by Gasteiger charge is -2.14. The highest BCUT2D eigenvalue weighted by molar-refractivity contribution is 7.15.